The summed E-state index contributed by atoms with van der Waals surface area (Å²) in [5.74, 6) is -0.137. The van der Waals surface area contributed by atoms with Crippen LogP contribution < -0.4 is 5.32 Å². The molecule has 1 saturated carbocycles. The Morgan fingerprint density at radius 3 is 2.82 bits per heavy atom. The van der Waals surface area contributed by atoms with Gasteiger partial charge in [-0.15, -0.1) is 0 Å². The van der Waals surface area contributed by atoms with E-state index in [0.29, 0.717) is 9.50 Å². The summed E-state index contributed by atoms with van der Waals surface area (Å²) in [6.07, 6.45) is 1.10. The summed E-state index contributed by atoms with van der Waals surface area (Å²) in [5, 5.41) is 3.58. The maximum absolute atomic E-state index is 13.5. The van der Waals surface area contributed by atoms with Crippen LogP contribution in [0.25, 0.3) is 0 Å². The fourth-order valence-electron chi connectivity index (χ4n) is 2.54. The van der Waals surface area contributed by atoms with Crippen LogP contribution in [0.1, 0.15) is 23.5 Å². The lowest BCUT2D eigenvalue weighted by atomic mass is 10.1. The van der Waals surface area contributed by atoms with Crippen molar-refractivity contribution in [3.05, 3.63) is 68.9 Å². The highest BCUT2D eigenvalue weighted by Crippen LogP contribution is 2.41. The van der Waals surface area contributed by atoms with Gasteiger partial charge < -0.3 is 5.32 Å². The minimum atomic E-state index is -0.273. The van der Waals surface area contributed by atoms with E-state index in [1.165, 1.54) is 6.07 Å². The molecule has 0 saturated heterocycles. The first kappa shape index (κ1) is 15.5. The van der Waals surface area contributed by atoms with Crippen LogP contribution >= 0.6 is 27.5 Å². The molecule has 1 aliphatic carbocycles. The first-order chi connectivity index (χ1) is 10.5. The third-order valence-electron chi connectivity index (χ3n) is 3.82. The van der Waals surface area contributed by atoms with E-state index in [2.05, 4.69) is 21.2 Å². The van der Waals surface area contributed by atoms with Gasteiger partial charge in [0.15, 0.2) is 0 Å². The third-order valence-corrected chi connectivity index (χ3v) is 4.83. The zero-order chi connectivity index (χ0) is 15.7. The minimum Gasteiger partial charge on any atom is -0.352 e. The Labute approximate surface area is 141 Å². The predicted octanol–water partition coefficient (Wildman–Crippen LogP) is 4.46. The largest absolute Gasteiger partial charge is 0.352 e. The topological polar surface area (TPSA) is 29.1 Å². The molecule has 1 N–H and O–H groups in total. The van der Waals surface area contributed by atoms with E-state index in [1.807, 2.05) is 24.3 Å². The molecule has 2 aromatic carbocycles. The van der Waals surface area contributed by atoms with Crippen LogP contribution in [0.15, 0.2) is 46.9 Å². The molecule has 2 atom stereocenters. The van der Waals surface area contributed by atoms with Gasteiger partial charge in [-0.05, 0) is 51.7 Å². The van der Waals surface area contributed by atoms with Crippen molar-refractivity contribution in [3.63, 3.8) is 0 Å². The van der Waals surface area contributed by atoms with E-state index in [-0.39, 0.29) is 30.1 Å². The maximum atomic E-state index is 13.5. The van der Waals surface area contributed by atoms with Crippen molar-refractivity contribution in [2.75, 3.05) is 0 Å². The fraction of sp³-hybridized carbons (Fsp3) is 0.235. The van der Waals surface area contributed by atoms with Crippen molar-refractivity contribution >= 4 is 33.4 Å². The molecule has 1 amide bonds. The van der Waals surface area contributed by atoms with Crippen molar-refractivity contribution in [2.24, 2.45) is 0 Å². The van der Waals surface area contributed by atoms with Gasteiger partial charge >= 0.3 is 0 Å². The minimum absolute atomic E-state index is 0.0572. The van der Waals surface area contributed by atoms with E-state index >= 15 is 0 Å². The zero-order valence-electron chi connectivity index (χ0n) is 11.7. The lowest BCUT2D eigenvalue weighted by Gasteiger charge is -2.07. The lowest BCUT2D eigenvalue weighted by Crippen LogP contribution is -2.28. The number of rotatable bonds is 4. The summed E-state index contributed by atoms with van der Waals surface area (Å²) in [6.45, 7) is 0. The highest BCUT2D eigenvalue weighted by Gasteiger charge is 2.39. The number of carbonyl (C=O) groups is 1. The van der Waals surface area contributed by atoms with Gasteiger partial charge in [0.25, 0.3) is 0 Å². The van der Waals surface area contributed by atoms with E-state index in [4.69, 9.17) is 11.6 Å². The molecule has 5 heteroatoms. The Morgan fingerprint density at radius 1 is 1.32 bits per heavy atom. The second-order valence-corrected chi connectivity index (χ2v) is 6.72. The second kappa shape index (κ2) is 6.39. The molecule has 114 valence electrons. The van der Waals surface area contributed by atoms with Crippen LogP contribution in [0, 0.1) is 5.82 Å². The van der Waals surface area contributed by atoms with Crippen molar-refractivity contribution in [2.45, 2.75) is 24.8 Å². The van der Waals surface area contributed by atoms with Crippen LogP contribution in [0.2, 0.25) is 5.02 Å². The van der Waals surface area contributed by atoms with Gasteiger partial charge in [0.1, 0.15) is 5.82 Å². The molecule has 2 aromatic rings. The number of hydrogen-bond acceptors (Lipinski definition) is 1. The van der Waals surface area contributed by atoms with Crippen LogP contribution in [-0.2, 0) is 11.2 Å². The Kier molecular flexibility index (Phi) is 4.50. The van der Waals surface area contributed by atoms with Gasteiger partial charge in [0.2, 0.25) is 5.91 Å². The highest BCUT2D eigenvalue weighted by atomic mass is 79.9. The molecule has 0 aromatic heterocycles. The number of benzene rings is 2. The van der Waals surface area contributed by atoms with Gasteiger partial charge in [-0.1, -0.05) is 35.9 Å². The fourth-order valence-corrected chi connectivity index (χ4v) is 2.99. The summed E-state index contributed by atoms with van der Waals surface area (Å²) in [4.78, 5) is 12.1. The first-order valence-corrected chi connectivity index (χ1v) is 8.19. The molecule has 1 aliphatic rings. The monoisotopic (exact) mass is 381 g/mol. The third kappa shape index (κ3) is 3.50. The summed E-state index contributed by atoms with van der Waals surface area (Å²) >= 11 is 9.19. The average Bonchev–Trinajstić information content (AvgIpc) is 3.23. The van der Waals surface area contributed by atoms with Gasteiger partial charge in [0.05, 0.1) is 10.9 Å². The Bertz CT molecular complexity index is 722. The van der Waals surface area contributed by atoms with Gasteiger partial charge in [-0.2, -0.15) is 0 Å². The predicted molar refractivity (Wildman–Crippen MR) is 88.5 cm³/mol. The van der Waals surface area contributed by atoms with Crippen LogP contribution in [-0.4, -0.2) is 11.9 Å². The van der Waals surface area contributed by atoms with Crippen molar-refractivity contribution in [3.8, 4) is 0 Å². The second-order valence-electron chi connectivity index (χ2n) is 5.46. The normalized spacial score (nSPS) is 19.8. The van der Waals surface area contributed by atoms with E-state index in [1.54, 1.807) is 12.1 Å². The molecule has 0 aliphatic heterocycles. The Hall–Kier alpha value is -1.39. The Balaban J connectivity index is 1.58. The number of hydrogen-bond donors (Lipinski definition) is 1. The summed E-state index contributed by atoms with van der Waals surface area (Å²) in [6, 6.07) is 12.5. The Morgan fingerprint density at radius 2 is 2.09 bits per heavy atom. The molecule has 0 unspecified atom stereocenters. The summed E-state index contributed by atoms with van der Waals surface area (Å²) in [7, 11) is 0. The molecule has 2 nitrogen and oxygen atoms in total. The van der Waals surface area contributed by atoms with Crippen LogP contribution in [0.3, 0.4) is 0 Å². The van der Waals surface area contributed by atoms with Gasteiger partial charge in [-0.3, -0.25) is 4.79 Å². The number of nitrogens with one attached hydrogen (secondary N) is 1. The highest BCUT2D eigenvalue weighted by molar-refractivity contribution is 9.10. The first-order valence-electron chi connectivity index (χ1n) is 7.02. The van der Waals surface area contributed by atoms with E-state index in [0.717, 1.165) is 17.5 Å². The summed E-state index contributed by atoms with van der Waals surface area (Å²) in [5.41, 5.74) is 1.73. The van der Waals surface area contributed by atoms with Crippen molar-refractivity contribution in [1.29, 1.82) is 0 Å². The molecule has 3 rings (SSSR count). The molecule has 1 fully saturated rings. The number of amides is 1. The molecule has 0 heterocycles. The molecular formula is C17H14BrClFNO. The molecule has 0 spiro atoms. The van der Waals surface area contributed by atoms with Crippen LogP contribution in [0.4, 0.5) is 4.39 Å². The van der Waals surface area contributed by atoms with Crippen molar-refractivity contribution in [1.82, 2.24) is 5.32 Å². The van der Waals surface area contributed by atoms with Crippen molar-refractivity contribution < 1.29 is 9.18 Å². The van der Waals surface area contributed by atoms with Crippen LogP contribution in [0.5, 0.6) is 0 Å². The SMILES string of the molecule is O=C(Cc1ccccc1Cl)N[C@@H]1C[C@H]1c1ccc(Br)c(F)c1. The smallest absolute Gasteiger partial charge is 0.224 e. The number of halogens is 3. The molecular weight excluding hydrogens is 369 g/mol. The molecule has 0 radical (unpaired) electrons. The summed E-state index contributed by atoms with van der Waals surface area (Å²) < 4.78 is 14.0. The average molecular weight is 383 g/mol. The quantitative estimate of drug-likeness (QED) is 0.831. The lowest BCUT2D eigenvalue weighted by molar-refractivity contribution is -0.120. The van der Waals surface area contributed by atoms with E-state index < -0.39 is 0 Å². The standard InChI is InChI=1S/C17H14BrClFNO/c18-13-6-5-10(7-15(13)20)12-9-16(12)21-17(22)8-11-3-1-2-4-14(11)19/h1-7,12,16H,8-9H2,(H,21,22)/t12-,16+/m0/s1. The molecule has 22 heavy (non-hydrogen) atoms. The molecule has 0 bridgehead atoms. The zero-order valence-corrected chi connectivity index (χ0v) is 14.0. The van der Waals surface area contributed by atoms with E-state index in [9.17, 15) is 9.18 Å². The van der Waals surface area contributed by atoms with Gasteiger partial charge in [0, 0.05) is 17.0 Å². The maximum Gasteiger partial charge on any atom is 0.224 e. The number of carbonyl (C=O) groups excluding carboxylic acids is 1. The van der Waals surface area contributed by atoms with Gasteiger partial charge in [-0.25, -0.2) is 4.39 Å².